The summed E-state index contributed by atoms with van der Waals surface area (Å²) < 4.78 is 1.63. The Hall–Kier alpha value is -3.81. The molecule has 2 aromatic rings. The van der Waals surface area contributed by atoms with Crippen molar-refractivity contribution in [1.29, 1.82) is 5.26 Å². The number of rotatable bonds is 8. The molecule has 0 bridgehead atoms. The van der Waals surface area contributed by atoms with Crippen LogP contribution >= 0.6 is 0 Å². The van der Waals surface area contributed by atoms with Gasteiger partial charge in [-0.1, -0.05) is 0 Å². The van der Waals surface area contributed by atoms with Crippen molar-refractivity contribution in [2.45, 2.75) is 76.3 Å². The van der Waals surface area contributed by atoms with Crippen molar-refractivity contribution in [3.05, 3.63) is 17.3 Å². The zero-order valence-corrected chi connectivity index (χ0v) is 19.9. The topological polar surface area (TPSA) is 154 Å². The Bertz CT molecular complexity index is 1320. The number of carbonyl (C=O) groups is 3. The van der Waals surface area contributed by atoms with Gasteiger partial charge < -0.3 is 10.6 Å². The second-order valence-electron chi connectivity index (χ2n) is 10.5. The summed E-state index contributed by atoms with van der Waals surface area (Å²) in [6, 6.07) is 2.76. The number of hydrogen-bond donors (Lipinski definition) is 3. The van der Waals surface area contributed by atoms with Crippen LogP contribution in [0.15, 0.2) is 11.8 Å². The monoisotopic (exact) mass is 488 g/mol. The quantitative estimate of drug-likeness (QED) is 0.375. The molecule has 2 amide bonds. The summed E-state index contributed by atoms with van der Waals surface area (Å²) in [5.74, 6) is 0.815. The van der Waals surface area contributed by atoms with Gasteiger partial charge in [0.2, 0.25) is 17.8 Å². The molecule has 186 valence electrons. The van der Waals surface area contributed by atoms with Crippen molar-refractivity contribution >= 4 is 41.2 Å². The fourth-order valence-electron chi connectivity index (χ4n) is 5.10. The summed E-state index contributed by atoms with van der Waals surface area (Å²) in [5.41, 5.74) is 0.902. The third-order valence-corrected chi connectivity index (χ3v) is 7.68. The van der Waals surface area contributed by atoms with Crippen molar-refractivity contribution in [2.75, 3.05) is 10.6 Å². The van der Waals surface area contributed by atoms with Crippen molar-refractivity contribution in [3.8, 4) is 6.07 Å². The van der Waals surface area contributed by atoms with E-state index in [-0.39, 0.29) is 30.1 Å². The van der Waals surface area contributed by atoms with Crippen LogP contribution in [-0.4, -0.2) is 49.3 Å². The lowest BCUT2D eigenvalue weighted by molar-refractivity contribution is -0.125. The number of fused-ring (bicyclic) bond motifs is 1. The molecule has 11 heteroatoms. The second kappa shape index (κ2) is 8.69. The fraction of sp³-hybridized carbons (Fsp3) is 0.560. The van der Waals surface area contributed by atoms with Crippen molar-refractivity contribution in [2.24, 2.45) is 11.3 Å². The summed E-state index contributed by atoms with van der Waals surface area (Å²) in [4.78, 5) is 45.5. The summed E-state index contributed by atoms with van der Waals surface area (Å²) in [6.07, 6.45) is 11.1. The van der Waals surface area contributed by atoms with Crippen LogP contribution in [-0.2, 0) is 14.4 Å². The van der Waals surface area contributed by atoms with Gasteiger partial charge in [0.05, 0.1) is 18.7 Å². The average molecular weight is 489 g/mol. The first-order valence-corrected chi connectivity index (χ1v) is 12.7. The van der Waals surface area contributed by atoms with Crippen molar-refractivity contribution < 1.29 is 14.4 Å². The molecule has 6 rings (SSSR count). The minimum Gasteiger partial charge on any atom is -0.351 e. The van der Waals surface area contributed by atoms with E-state index in [1.807, 2.05) is 0 Å². The molecule has 1 aliphatic heterocycles. The number of anilines is 2. The van der Waals surface area contributed by atoms with Gasteiger partial charge in [-0.3, -0.25) is 19.7 Å². The molecule has 11 nitrogen and oxygen atoms in total. The highest BCUT2D eigenvalue weighted by atomic mass is 16.2. The molecule has 3 saturated carbocycles. The molecule has 0 spiro atoms. The van der Waals surface area contributed by atoms with Gasteiger partial charge in [-0.25, -0.2) is 0 Å². The molecule has 0 radical (unpaired) electrons. The molecule has 0 atom stereocenters. The number of aromatic nitrogens is 4. The van der Waals surface area contributed by atoms with E-state index in [4.69, 9.17) is 4.98 Å². The van der Waals surface area contributed by atoms with Crippen LogP contribution in [0.2, 0.25) is 0 Å². The highest BCUT2D eigenvalue weighted by Crippen LogP contribution is 2.47. The largest absolute Gasteiger partial charge is 0.351 e. The van der Waals surface area contributed by atoms with Crippen LogP contribution in [0.3, 0.4) is 0 Å². The maximum atomic E-state index is 12.5. The molecule has 3 aliphatic carbocycles. The smallest absolute Gasteiger partial charge is 0.254 e. The lowest BCUT2D eigenvalue weighted by Crippen LogP contribution is -2.29. The predicted molar refractivity (Wildman–Crippen MR) is 129 cm³/mol. The first kappa shape index (κ1) is 22.6. The maximum Gasteiger partial charge on any atom is 0.254 e. The number of nitrogens with zero attached hydrogens (tertiary/aromatic N) is 5. The Morgan fingerprint density at radius 2 is 1.86 bits per heavy atom. The summed E-state index contributed by atoms with van der Waals surface area (Å²) in [6.45, 7) is 0. The van der Waals surface area contributed by atoms with Gasteiger partial charge in [-0.05, 0) is 63.4 Å². The average Bonchev–Trinajstić information content (AvgIpc) is 3.77. The highest BCUT2D eigenvalue weighted by molar-refractivity contribution is 6.15. The zero-order chi connectivity index (χ0) is 24.9. The van der Waals surface area contributed by atoms with E-state index in [2.05, 4.69) is 32.1 Å². The van der Waals surface area contributed by atoms with Gasteiger partial charge in [0.15, 0.2) is 11.4 Å². The summed E-state index contributed by atoms with van der Waals surface area (Å²) in [7, 11) is 0. The standard InChI is InChI=1S/C25H28N8O3/c26-13-25(7-8-25)19(34)9-14-1-3-17(4-2-14)28-23-31-21-16(10-15-11-20(35)30-22(15)36)12-27-33(21)24(32-23)29-18-5-6-18/h10,12,14,17-18H,1-9,11H2,(H,30,35,36)(H2,28,29,31,32)/b15-10+. The molecule has 0 unspecified atom stereocenters. The molecular formula is C25H28N8O3. The normalized spacial score (nSPS) is 26.0. The highest BCUT2D eigenvalue weighted by Gasteiger charge is 2.50. The number of Topliss-reactive ketones (excluding diaryl/α,β-unsaturated/α-hetero) is 1. The van der Waals surface area contributed by atoms with Crippen LogP contribution in [0, 0.1) is 22.7 Å². The number of imide groups is 1. The van der Waals surface area contributed by atoms with Gasteiger partial charge >= 0.3 is 0 Å². The van der Waals surface area contributed by atoms with E-state index in [0.29, 0.717) is 59.9 Å². The van der Waals surface area contributed by atoms with Gasteiger partial charge in [0.1, 0.15) is 5.41 Å². The Balaban J connectivity index is 1.18. The first-order chi connectivity index (χ1) is 17.4. The van der Waals surface area contributed by atoms with Crippen LogP contribution in [0.4, 0.5) is 11.9 Å². The van der Waals surface area contributed by atoms with Crippen LogP contribution in [0.1, 0.15) is 69.8 Å². The Labute approximate surface area is 207 Å². The van der Waals surface area contributed by atoms with E-state index in [1.54, 1.807) is 16.8 Å². The third-order valence-electron chi connectivity index (χ3n) is 7.68. The second-order valence-corrected chi connectivity index (χ2v) is 10.5. The lowest BCUT2D eigenvalue weighted by Gasteiger charge is -2.29. The minimum absolute atomic E-state index is 0.0424. The zero-order valence-electron chi connectivity index (χ0n) is 19.9. The molecule has 3 N–H and O–H groups in total. The van der Waals surface area contributed by atoms with E-state index in [9.17, 15) is 19.6 Å². The van der Waals surface area contributed by atoms with Gasteiger partial charge in [-0.2, -0.15) is 24.8 Å². The number of hydrogen-bond acceptors (Lipinski definition) is 9. The molecule has 2 aromatic heterocycles. The minimum atomic E-state index is -0.686. The van der Waals surface area contributed by atoms with E-state index >= 15 is 0 Å². The van der Waals surface area contributed by atoms with E-state index in [1.165, 1.54) is 0 Å². The number of amides is 2. The predicted octanol–water partition coefficient (Wildman–Crippen LogP) is 2.36. The van der Waals surface area contributed by atoms with E-state index < -0.39 is 5.41 Å². The van der Waals surface area contributed by atoms with Crippen LogP contribution in [0.25, 0.3) is 11.7 Å². The molecule has 0 aromatic carbocycles. The first-order valence-electron chi connectivity index (χ1n) is 12.7. The molecule has 4 aliphatic rings. The number of carbonyl (C=O) groups excluding carboxylic acids is 3. The van der Waals surface area contributed by atoms with Crippen LogP contribution in [0.5, 0.6) is 0 Å². The van der Waals surface area contributed by atoms with Crippen LogP contribution < -0.4 is 16.0 Å². The SMILES string of the molecule is N#CC1(C(=O)CC2CCC(Nc3nc(NC4CC4)n4ncc(/C=C5\CC(=O)NC5=O)c4n3)CC2)CC1. The fourth-order valence-corrected chi connectivity index (χ4v) is 5.10. The van der Waals surface area contributed by atoms with Gasteiger partial charge in [0.25, 0.3) is 5.91 Å². The Morgan fingerprint density at radius 1 is 1.14 bits per heavy atom. The number of ketones is 1. The van der Waals surface area contributed by atoms with Gasteiger partial charge in [-0.15, -0.1) is 0 Å². The number of nitriles is 1. The molecule has 3 heterocycles. The Kier molecular flexibility index (Phi) is 5.47. The molecule has 4 fully saturated rings. The maximum absolute atomic E-state index is 12.5. The molecule has 36 heavy (non-hydrogen) atoms. The lowest BCUT2D eigenvalue weighted by atomic mass is 9.81. The van der Waals surface area contributed by atoms with Crippen molar-refractivity contribution in [1.82, 2.24) is 24.9 Å². The van der Waals surface area contributed by atoms with Gasteiger partial charge in [0, 0.05) is 29.6 Å². The molecular weight excluding hydrogens is 460 g/mol. The third kappa shape index (κ3) is 4.43. The van der Waals surface area contributed by atoms with E-state index in [0.717, 1.165) is 38.5 Å². The number of nitrogens with one attached hydrogen (secondary N) is 3. The summed E-state index contributed by atoms with van der Waals surface area (Å²) >= 11 is 0. The molecule has 1 saturated heterocycles. The summed E-state index contributed by atoms with van der Waals surface area (Å²) in [5, 5.41) is 22.9. The Morgan fingerprint density at radius 3 is 2.50 bits per heavy atom. The van der Waals surface area contributed by atoms with Crippen molar-refractivity contribution in [3.63, 3.8) is 0 Å².